The van der Waals surface area contributed by atoms with Crippen molar-refractivity contribution in [3.63, 3.8) is 0 Å². The molecule has 0 bridgehead atoms. The van der Waals surface area contributed by atoms with Gasteiger partial charge in [-0.1, -0.05) is 46.9 Å². The van der Waals surface area contributed by atoms with Gasteiger partial charge in [-0.05, 0) is 12.1 Å². The molecular weight excluding hydrogens is 400 g/mol. The van der Waals surface area contributed by atoms with Gasteiger partial charge in [0, 0.05) is 17.7 Å². The zero-order valence-corrected chi connectivity index (χ0v) is 14.4. The molecule has 3 rings (SSSR count). The van der Waals surface area contributed by atoms with Gasteiger partial charge in [0.15, 0.2) is 0 Å². The van der Waals surface area contributed by atoms with Gasteiger partial charge in [0.2, 0.25) is 0 Å². The molecule has 2 aromatic heterocycles. The number of aromatic nitrogens is 4. The van der Waals surface area contributed by atoms with E-state index in [4.69, 9.17) is 34.8 Å². The minimum atomic E-state index is -4.33. The summed E-state index contributed by atoms with van der Waals surface area (Å²) in [6.07, 6.45) is -1.76. The molecule has 1 aromatic carbocycles. The highest BCUT2D eigenvalue weighted by molar-refractivity contribution is 6.33. The van der Waals surface area contributed by atoms with Crippen LogP contribution in [0.5, 0.6) is 0 Å². The van der Waals surface area contributed by atoms with E-state index in [9.17, 15) is 13.2 Å². The van der Waals surface area contributed by atoms with Crippen molar-refractivity contribution in [2.75, 3.05) is 0 Å². The van der Waals surface area contributed by atoms with Crippen molar-refractivity contribution in [1.82, 2.24) is 19.9 Å². The van der Waals surface area contributed by atoms with Crippen molar-refractivity contribution >= 4 is 34.8 Å². The second-order valence-electron chi connectivity index (χ2n) is 4.46. The number of nitrogens with zero attached hydrogens (tertiary/aromatic N) is 4. The number of hydrogen-bond acceptors (Lipinski definition) is 4. The fraction of sp³-hybridized carbons (Fsp3) is 0.0667. The highest BCUT2D eigenvalue weighted by Gasteiger charge is 2.29. The molecule has 0 saturated carbocycles. The maximum Gasteiger partial charge on any atom is 0.416 e. The normalized spacial score (nSPS) is 10.8. The van der Waals surface area contributed by atoms with E-state index in [1.165, 1.54) is 36.9 Å². The molecule has 0 aliphatic carbocycles. The van der Waals surface area contributed by atoms with E-state index in [1.807, 2.05) is 0 Å². The van der Waals surface area contributed by atoms with Crippen LogP contribution in [0.3, 0.4) is 0 Å². The predicted octanol–water partition coefficient (Wildman–Crippen LogP) is 5.60. The van der Waals surface area contributed by atoms with Gasteiger partial charge in [-0.2, -0.15) is 13.2 Å². The molecule has 0 saturated heterocycles. The van der Waals surface area contributed by atoms with Gasteiger partial charge in [-0.15, -0.1) is 0 Å². The first-order chi connectivity index (χ1) is 11.8. The smallest absolute Gasteiger partial charge is 0.236 e. The Bertz CT molecular complexity index is 825. The van der Waals surface area contributed by atoms with Crippen LogP contribution in [0.15, 0.2) is 49.1 Å². The van der Waals surface area contributed by atoms with Crippen molar-refractivity contribution in [2.45, 2.75) is 6.18 Å². The maximum atomic E-state index is 12.3. The van der Waals surface area contributed by atoms with Crippen LogP contribution in [-0.4, -0.2) is 19.9 Å². The highest BCUT2D eigenvalue weighted by atomic mass is 35.5. The van der Waals surface area contributed by atoms with E-state index in [-0.39, 0.29) is 5.15 Å². The van der Waals surface area contributed by atoms with Crippen LogP contribution in [0.1, 0.15) is 5.56 Å². The van der Waals surface area contributed by atoms with Crippen LogP contribution < -0.4 is 0 Å². The third kappa shape index (κ3) is 6.12. The Hall–Kier alpha value is -1.96. The first kappa shape index (κ1) is 19.4. The second-order valence-corrected chi connectivity index (χ2v) is 5.63. The Kier molecular flexibility index (Phi) is 6.52. The van der Waals surface area contributed by atoms with Gasteiger partial charge in [0.25, 0.3) is 0 Å². The summed E-state index contributed by atoms with van der Waals surface area (Å²) >= 11 is 16.5. The Morgan fingerprint density at radius 1 is 0.680 bits per heavy atom. The quantitative estimate of drug-likeness (QED) is 0.493. The van der Waals surface area contributed by atoms with E-state index in [1.54, 1.807) is 0 Å². The fourth-order valence-electron chi connectivity index (χ4n) is 1.63. The summed E-state index contributed by atoms with van der Waals surface area (Å²) in [5.41, 5.74) is 0.349. The lowest BCUT2D eigenvalue weighted by atomic mass is 10.1. The zero-order valence-electron chi connectivity index (χ0n) is 12.2. The Morgan fingerprint density at radius 3 is 1.56 bits per heavy atom. The Morgan fingerprint density at radius 2 is 1.16 bits per heavy atom. The van der Waals surface area contributed by atoms with Crippen LogP contribution in [0, 0.1) is 0 Å². The standard InChI is InChI=1S/C11H6ClF3N2.C4H2Cl2N2/c12-10-5-9(16-6-17-10)7-1-3-8(4-2-7)11(13,14)15;5-3-1-4(6)8-2-7-3/h1-6H;1-2H. The summed E-state index contributed by atoms with van der Waals surface area (Å²) in [7, 11) is 0. The van der Waals surface area contributed by atoms with Crippen molar-refractivity contribution in [1.29, 1.82) is 0 Å². The highest BCUT2D eigenvalue weighted by Crippen LogP contribution is 2.30. The molecule has 0 atom stereocenters. The number of halogens is 6. The number of alkyl halides is 3. The first-order valence-corrected chi connectivity index (χ1v) is 7.67. The molecule has 2 heterocycles. The van der Waals surface area contributed by atoms with Crippen molar-refractivity contribution in [3.8, 4) is 11.3 Å². The minimum Gasteiger partial charge on any atom is -0.236 e. The molecule has 0 radical (unpaired) electrons. The summed E-state index contributed by atoms with van der Waals surface area (Å²) in [4.78, 5) is 14.8. The van der Waals surface area contributed by atoms with E-state index in [2.05, 4.69) is 19.9 Å². The zero-order chi connectivity index (χ0) is 18.4. The molecule has 0 amide bonds. The molecule has 25 heavy (non-hydrogen) atoms. The van der Waals surface area contributed by atoms with Gasteiger partial charge in [0.05, 0.1) is 11.3 Å². The Labute approximate surface area is 155 Å². The lowest BCUT2D eigenvalue weighted by Crippen LogP contribution is -2.04. The van der Waals surface area contributed by atoms with Gasteiger partial charge >= 0.3 is 6.18 Å². The molecule has 0 N–H and O–H groups in total. The third-order valence-corrected chi connectivity index (χ3v) is 3.36. The molecule has 0 spiro atoms. The minimum absolute atomic E-state index is 0.245. The summed E-state index contributed by atoms with van der Waals surface area (Å²) in [5, 5.41) is 0.977. The topological polar surface area (TPSA) is 51.6 Å². The fourth-order valence-corrected chi connectivity index (χ4v) is 2.13. The van der Waals surface area contributed by atoms with E-state index >= 15 is 0 Å². The van der Waals surface area contributed by atoms with Gasteiger partial charge in [-0.3, -0.25) is 0 Å². The van der Waals surface area contributed by atoms with Crippen LogP contribution in [0.2, 0.25) is 15.5 Å². The molecule has 0 unspecified atom stereocenters. The van der Waals surface area contributed by atoms with E-state index in [0.29, 0.717) is 21.6 Å². The number of rotatable bonds is 1. The molecule has 4 nitrogen and oxygen atoms in total. The lowest BCUT2D eigenvalue weighted by molar-refractivity contribution is -0.137. The van der Waals surface area contributed by atoms with Crippen molar-refractivity contribution < 1.29 is 13.2 Å². The Balaban J connectivity index is 0.000000236. The molecule has 10 heteroatoms. The van der Waals surface area contributed by atoms with Crippen molar-refractivity contribution in [3.05, 3.63) is 70.1 Å². The first-order valence-electron chi connectivity index (χ1n) is 6.54. The van der Waals surface area contributed by atoms with Crippen LogP contribution in [0.4, 0.5) is 13.2 Å². The molecule has 0 aliphatic heterocycles. The molecule has 3 aromatic rings. The predicted molar refractivity (Wildman–Crippen MR) is 89.5 cm³/mol. The molecular formula is C15H8Cl3F3N4. The summed E-state index contributed by atoms with van der Waals surface area (Å²) in [6.45, 7) is 0. The van der Waals surface area contributed by atoms with E-state index in [0.717, 1.165) is 12.1 Å². The number of benzene rings is 1. The van der Waals surface area contributed by atoms with Crippen molar-refractivity contribution in [2.24, 2.45) is 0 Å². The second kappa shape index (κ2) is 8.42. The third-order valence-electron chi connectivity index (χ3n) is 2.74. The lowest BCUT2D eigenvalue weighted by Gasteiger charge is -2.07. The average molecular weight is 408 g/mol. The SMILES string of the molecule is Clc1cc(Cl)ncn1.FC(F)(F)c1ccc(-c2cc(Cl)ncn2)cc1. The van der Waals surface area contributed by atoms with Gasteiger partial charge in [0.1, 0.15) is 28.1 Å². The molecule has 130 valence electrons. The summed E-state index contributed by atoms with van der Waals surface area (Å²) in [5.74, 6) is 0. The van der Waals surface area contributed by atoms with Crippen LogP contribution in [-0.2, 0) is 6.18 Å². The molecule has 0 fully saturated rings. The van der Waals surface area contributed by atoms with Gasteiger partial charge in [-0.25, -0.2) is 19.9 Å². The largest absolute Gasteiger partial charge is 0.416 e. The van der Waals surface area contributed by atoms with Crippen LogP contribution >= 0.6 is 34.8 Å². The maximum absolute atomic E-state index is 12.3. The summed E-state index contributed by atoms with van der Waals surface area (Å²) in [6, 6.07) is 7.67. The molecule has 0 aliphatic rings. The monoisotopic (exact) mass is 406 g/mol. The van der Waals surface area contributed by atoms with Crippen LogP contribution in [0.25, 0.3) is 11.3 Å². The van der Waals surface area contributed by atoms with E-state index < -0.39 is 11.7 Å². The number of hydrogen-bond donors (Lipinski definition) is 0. The van der Waals surface area contributed by atoms with Gasteiger partial charge < -0.3 is 0 Å². The summed E-state index contributed by atoms with van der Waals surface area (Å²) < 4.78 is 37.0. The average Bonchev–Trinajstić information content (AvgIpc) is 2.54.